The molecule has 1 saturated carbocycles. The van der Waals surface area contributed by atoms with Gasteiger partial charge in [-0.15, -0.1) is 0 Å². The Hall–Kier alpha value is -1.06. The van der Waals surface area contributed by atoms with Gasteiger partial charge < -0.3 is 5.32 Å². The van der Waals surface area contributed by atoms with Crippen molar-refractivity contribution >= 4 is 17.5 Å². The molecule has 4 heteroatoms. The van der Waals surface area contributed by atoms with E-state index >= 15 is 0 Å². The third-order valence-corrected chi connectivity index (χ3v) is 4.90. The maximum Gasteiger partial charge on any atom is 0.237 e. The molecule has 2 fully saturated rings. The van der Waals surface area contributed by atoms with E-state index in [2.05, 4.69) is 10.2 Å². The molecule has 0 bridgehead atoms. The minimum Gasteiger partial charge on any atom is -0.345 e. The Kier molecular flexibility index (Phi) is 3.74. The first-order valence-electron chi connectivity index (χ1n) is 7.43. The highest BCUT2D eigenvalue weighted by molar-refractivity contribution is 6.31. The van der Waals surface area contributed by atoms with Gasteiger partial charge in [0.1, 0.15) is 0 Å². The van der Waals surface area contributed by atoms with Crippen molar-refractivity contribution in [2.24, 2.45) is 0 Å². The van der Waals surface area contributed by atoms with Gasteiger partial charge in [0.05, 0.1) is 11.6 Å². The lowest BCUT2D eigenvalue weighted by Crippen LogP contribution is -2.47. The quantitative estimate of drug-likeness (QED) is 0.925. The molecule has 3 nitrogen and oxygen atoms in total. The Labute approximate surface area is 125 Å². The lowest BCUT2D eigenvalue weighted by Gasteiger charge is -2.26. The van der Waals surface area contributed by atoms with Crippen LogP contribution < -0.4 is 5.32 Å². The number of hydrogen-bond donors (Lipinski definition) is 1. The topological polar surface area (TPSA) is 32.3 Å². The molecule has 1 aromatic rings. The molecule has 1 aliphatic heterocycles. The van der Waals surface area contributed by atoms with Crippen LogP contribution in [0, 0.1) is 0 Å². The van der Waals surface area contributed by atoms with Gasteiger partial charge in [-0.25, -0.2) is 0 Å². The van der Waals surface area contributed by atoms with Crippen molar-refractivity contribution in [3.8, 4) is 0 Å². The van der Waals surface area contributed by atoms with E-state index in [0.29, 0.717) is 0 Å². The summed E-state index contributed by atoms with van der Waals surface area (Å²) in [6.45, 7) is 4.07. The highest BCUT2D eigenvalue weighted by Crippen LogP contribution is 2.48. The molecule has 3 rings (SSSR count). The minimum absolute atomic E-state index is 0.0440. The fourth-order valence-corrected chi connectivity index (χ4v) is 3.39. The molecule has 1 heterocycles. The van der Waals surface area contributed by atoms with Crippen molar-refractivity contribution in [2.45, 2.75) is 44.2 Å². The van der Waals surface area contributed by atoms with Crippen LogP contribution in [0.4, 0.5) is 0 Å². The summed E-state index contributed by atoms with van der Waals surface area (Å²) in [5.41, 5.74) is 0.840. The Bertz CT molecular complexity index is 507. The molecule has 1 aromatic carbocycles. The second kappa shape index (κ2) is 5.38. The van der Waals surface area contributed by atoms with E-state index in [1.807, 2.05) is 31.2 Å². The molecule has 108 valence electrons. The minimum atomic E-state index is -0.219. The summed E-state index contributed by atoms with van der Waals surface area (Å²) in [5, 5.41) is 3.99. The number of carbonyl (C=O) groups is 1. The van der Waals surface area contributed by atoms with Gasteiger partial charge in [-0.2, -0.15) is 0 Å². The zero-order chi connectivity index (χ0) is 14.2. The standard InChI is InChI=1S/C16H21ClN2O/c1-12(19-10-4-5-11-19)15(20)18-16(8-9-16)13-6-2-3-7-14(13)17/h2-3,6-7,12H,4-5,8-11H2,1H3,(H,18,20). The Morgan fingerprint density at radius 3 is 2.55 bits per heavy atom. The normalized spacial score (nSPS) is 22.5. The van der Waals surface area contributed by atoms with Gasteiger partial charge in [0.25, 0.3) is 0 Å². The van der Waals surface area contributed by atoms with Crippen LogP contribution in [0.5, 0.6) is 0 Å². The van der Waals surface area contributed by atoms with Gasteiger partial charge in [-0.1, -0.05) is 29.8 Å². The van der Waals surface area contributed by atoms with E-state index in [-0.39, 0.29) is 17.5 Å². The fourth-order valence-electron chi connectivity index (χ4n) is 3.07. The van der Waals surface area contributed by atoms with Crippen molar-refractivity contribution in [1.29, 1.82) is 0 Å². The molecule has 20 heavy (non-hydrogen) atoms. The maximum atomic E-state index is 12.5. The number of hydrogen-bond acceptors (Lipinski definition) is 2. The lowest BCUT2D eigenvalue weighted by molar-refractivity contribution is -0.126. The van der Waals surface area contributed by atoms with Crippen LogP contribution in [0.3, 0.4) is 0 Å². The molecule has 1 aliphatic carbocycles. The second-order valence-corrected chi connectivity index (χ2v) is 6.38. The Balaban J connectivity index is 1.71. The third kappa shape index (κ3) is 2.57. The highest BCUT2D eigenvalue weighted by atomic mass is 35.5. The number of carbonyl (C=O) groups excluding carboxylic acids is 1. The van der Waals surface area contributed by atoms with E-state index in [9.17, 15) is 4.79 Å². The molecule has 0 radical (unpaired) electrons. The van der Waals surface area contributed by atoms with E-state index < -0.39 is 0 Å². The lowest BCUT2D eigenvalue weighted by atomic mass is 10.0. The zero-order valence-electron chi connectivity index (χ0n) is 11.9. The number of benzene rings is 1. The first kappa shape index (κ1) is 13.9. The maximum absolute atomic E-state index is 12.5. The average Bonchev–Trinajstić information content (AvgIpc) is 3.02. The van der Waals surface area contributed by atoms with Gasteiger partial charge in [-0.3, -0.25) is 9.69 Å². The van der Waals surface area contributed by atoms with Crippen molar-refractivity contribution < 1.29 is 4.79 Å². The highest BCUT2D eigenvalue weighted by Gasteiger charge is 2.47. The van der Waals surface area contributed by atoms with Crippen LogP contribution >= 0.6 is 11.6 Å². The van der Waals surface area contributed by atoms with Crippen molar-refractivity contribution in [3.05, 3.63) is 34.9 Å². The van der Waals surface area contributed by atoms with Crippen molar-refractivity contribution in [2.75, 3.05) is 13.1 Å². The van der Waals surface area contributed by atoms with Crippen molar-refractivity contribution in [3.63, 3.8) is 0 Å². The summed E-state index contributed by atoms with van der Waals surface area (Å²) in [6, 6.07) is 7.79. The number of halogens is 1. The summed E-state index contributed by atoms with van der Waals surface area (Å²) >= 11 is 6.28. The van der Waals surface area contributed by atoms with Crippen LogP contribution in [0.2, 0.25) is 5.02 Å². The van der Waals surface area contributed by atoms with Gasteiger partial charge >= 0.3 is 0 Å². The molecule has 1 atom stereocenters. The fraction of sp³-hybridized carbons (Fsp3) is 0.562. The monoisotopic (exact) mass is 292 g/mol. The zero-order valence-corrected chi connectivity index (χ0v) is 12.6. The molecule has 1 N–H and O–H groups in total. The van der Waals surface area contributed by atoms with Crippen molar-refractivity contribution in [1.82, 2.24) is 10.2 Å². The molecule has 1 unspecified atom stereocenters. The molecule has 1 saturated heterocycles. The molecule has 2 aliphatic rings. The Morgan fingerprint density at radius 2 is 1.95 bits per heavy atom. The van der Waals surface area contributed by atoms with E-state index in [0.717, 1.165) is 36.5 Å². The van der Waals surface area contributed by atoms with Gasteiger partial charge in [-0.05, 0) is 57.3 Å². The summed E-state index contributed by atoms with van der Waals surface area (Å²) in [7, 11) is 0. The summed E-state index contributed by atoms with van der Waals surface area (Å²) in [5.74, 6) is 0.129. The number of likely N-dealkylation sites (tertiary alicyclic amines) is 1. The van der Waals surface area contributed by atoms with Crippen LogP contribution in [-0.4, -0.2) is 29.9 Å². The summed E-state index contributed by atoms with van der Waals surface area (Å²) < 4.78 is 0. The van der Waals surface area contributed by atoms with Gasteiger partial charge in [0.15, 0.2) is 0 Å². The van der Waals surface area contributed by atoms with Crippen LogP contribution in [0.15, 0.2) is 24.3 Å². The molecular weight excluding hydrogens is 272 g/mol. The molecular formula is C16H21ClN2O. The predicted octanol–water partition coefficient (Wildman–Crippen LogP) is 2.93. The SMILES string of the molecule is CC(C(=O)NC1(c2ccccc2Cl)CC1)N1CCCC1. The summed E-state index contributed by atoms with van der Waals surface area (Å²) in [4.78, 5) is 14.7. The average molecular weight is 293 g/mol. The first-order valence-corrected chi connectivity index (χ1v) is 7.81. The number of nitrogens with one attached hydrogen (secondary N) is 1. The van der Waals surface area contributed by atoms with Crippen LogP contribution in [-0.2, 0) is 10.3 Å². The third-order valence-electron chi connectivity index (χ3n) is 4.57. The Morgan fingerprint density at radius 1 is 1.30 bits per heavy atom. The second-order valence-electron chi connectivity index (χ2n) is 5.97. The van der Waals surface area contributed by atoms with E-state index in [1.165, 1.54) is 12.8 Å². The molecule has 0 spiro atoms. The van der Waals surface area contributed by atoms with E-state index in [1.54, 1.807) is 0 Å². The number of nitrogens with zero attached hydrogens (tertiary/aromatic N) is 1. The molecule has 1 amide bonds. The van der Waals surface area contributed by atoms with Crippen LogP contribution in [0.1, 0.15) is 38.2 Å². The first-order chi connectivity index (χ1) is 9.62. The van der Waals surface area contributed by atoms with E-state index in [4.69, 9.17) is 11.6 Å². The number of amides is 1. The number of rotatable bonds is 4. The molecule has 0 aromatic heterocycles. The van der Waals surface area contributed by atoms with Gasteiger partial charge in [0.2, 0.25) is 5.91 Å². The predicted molar refractivity (Wildman–Crippen MR) is 80.8 cm³/mol. The van der Waals surface area contributed by atoms with Crippen LogP contribution in [0.25, 0.3) is 0 Å². The largest absolute Gasteiger partial charge is 0.345 e. The summed E-state index contributed by atoms with van der Waals surface area (Å²) in [6.07, 6.45) is 4.37. The smallest absolute Gasteiger partial charge is 0.237 e. The van der Waals surface area contributed by atoms with Gasteiger partial charge in [0, 0.05) is 5.02 Å².